The number of rotatable bonds is 6. The number of carbonyl (C=O) groups is 1. The van der Waals surface area contributed by atoms with Crippen molar-refractivity contribution in [2.24, 2.45) is 0 Å². The molecule has 0 aromatic heterocycles. The standard InChI is InChI=1S/C7H14O4S/c8-4-6(9)5-11-7(10)2-1-3-12/h6,8-9,12H,1-5H2. The third-order valence-corrected chi connectivity index (χ3v) is 1.50. The normalized spacial score (nSPS) is 12.6. The predicted octanol–water partition coefficient (Wildman–Crippen LogP) is -0.407. The Kier molecular flexibility index (Phi) is 7.23. The van der Waals surface area contributed by atoms with E-state index < -0.39 is 6.10 Å². The van der Waals surface area contributed by atoms with Crippen LogP contribution >= 0.6 is 12.6 Å². The molecule has 0 rings (SSSR count). The molecule has 0 heterocycles. The van der Waals surface area contributed by atoms with Gasteiger partial charge in [0.25, 0.3) is 0 Å². The number of ether oxygens (including phenoxy) is 1. The van der Waals surface area contributed by atoms with E-state index in [1.165, 1.54) is 0 Å². The first-order chi connectivity index (χ1) is 5.70. The van der Waals surface area contributed by atoms with E-state index in [2.05, 4.69) is 17.4 Å². The second-order valence-electron chi connectivity index (χ2n) is 2.35. The van der Waals surface area contributed by atoms with Crippen LogP contribution in [0.1, 0.15) is 12.8 Å². The highest BCUT2D eigenvalue weighted by atomic mass is 32.1. The van der Waals surface area contributed by atoms with Crippen LogP contribution in [-0.4, -0.2) is 41.3 Å². The molecule has 0 saturated carbocycles. The number of thiol groups is 1. The lowest BCUT2D eigenvalue weighted by Gasteiger charge is -2.07. The average molecular weight is 194 g/mol. The first kappa shape index (κ1) is 11.7. The van der Waals surface area contributed by atoms with Crippen LogP contribution in [-0.2, 0) is 9.53 Å². The summed E-state index contributed by atoms with van der Waals surface area (Å²) in [6.45, 7) is -0.526. The second kappa shape index (κ2) is 7.39. The molecule has 0 aliphatic rings. The topological polar surface area (TPSA) is 66.8 Å². The summed E-state index contributed by atoms with van der Waals surface area (Å²) < 4.78 is 4.61. The van der Waals surface area contributed by atoms with Crippen LogP contribution in [0.2, 0.25) is 0 Å². The zero-order chi connectivity index (χ0) is 9.40. The van der Waals surface area contributed by atoms with Gasteiger partial charge in [0.05, 0.1) is 6.61 Å². The fraction of sp³-hybridized carbons (Fsp3) is 0.857. The van der Waals surface area contributed by atoms with Gasteiger partial charge in [-0.1, -0.05) is 0 Å². The van der Waals surface area contributed by atoms with E-state index in [9.17, 15) is 4.79 Å². The zero-order valence-electron chi connectivity index (χ0n) is 6.77. The van der Waals surface area contributed by atoms with Crippen molar-refractivity contribution in [2.75, 3.05) is 19.0 Å². The van der Waals surface area contributed by atoms with E-state index in [0.717, 1.165) is 0 Å². The van der Waals surface area contributed by atoms with E-state index in [4.69, 9.17) is 10.2 Å². The molecular formula is C7H14O4S. The van der Waals surface area contributed by atoms with Gasteiger partial charge in [-0.05, 0) is 12.2 Å². The molecular weight excluding hydrogens is 180 g/mol. The van der Waals surface area contributed by atoms with Gasteiger partial charge < -0.3 is 14.9 Å². The number of hydrogen-bond acceptors (Lipinski definition) is 5. The molecule has 5 heteroatoms. The van der Waals surface area contributed by atoms with Gasteiger partial charge in [-0.15, -0.1) is 0 Å². The summed E-state index contributed by atoms with van der Waals surface area (Å²) in [5, 5.41) is 17.2. The summed E-state index contributed by atoms with van der Waals surface area (Å²) in [5.41, 5.74) is 0. The van der Waals surface area contributed by atoms with E-state index in [1.54, 1.807) is 0 Å². The third-order valence-electron chi connectivity index (χ3n) is 1.19. The highest BCUT2D eigenvalue weighted by Gasteiger charge is 2.06. The summed E-state index contributed by atoms with van der Waals surface area (Å²) in [5.74, 6) is 0.272. The van der Waals surface area contributed by atoms with Crippen LogP contribution in [0.4, 0.5) is 0 Å². The van der Waals surface area contributed by atoms with Crippen LogP contribution in [0.5, 0.6) is 0 Å². The molecule has 0 aromatic rings. The molecule has 4 nitrogen and oxygen atoms in total. The third kappa shape index (κ3) is 6.45. The maximum Gasteiger partial charge on any atom is 0.305 e. The molecule has 0 aliphatic heterocycles. The van der Waals surface area contributed by atoms with Crippen molar-refractivity contribution in [2.45, 2.75) is 18.9 Å². The van der Waals surface area contributed by atoms with Crippen LogP contribution in [0, 0.1) is 0 Å². The van der Waals surface area contributed by atoms with Crippen molar-refractivity contribution >= 4 is 18.6 Å². The number of aliphatic hydroxyl groups excluding tert-OH is 2. The molecule has 0 spiro atoms. The van der Waals surface area contributed by atoms with Gasteiger partial charge in [0.1, 0.15) is 12.7 Å². The summed E-state index contributed by atoms with van der Waals surface area (Å²) in [4.78, 5) is 10.8. The monoisotopic (exact) mass is 194 g/mol. The number of carbonyl (C=O) groups excluding carboxylic acids is 1. The quantitative estimate of drug-likeness (QED) is 0.397. The fourth-order valence-corrected chi connectivity index (χ4v) is 0.696. The molecule has 0 saturated heterocycles. The maximum atomic E-state index is 10.8. The Morgan fingerprint density at radius 1 is 1.58 bits per heavy atom. The molecule has 0 amide bonds. The Hall–Kier alpha value is -0.260. The number of esters is 1. The molecule has 0 aromatic carbocycles. The summed E-state index contributed by atoms with van der Waals surface area (Å²) >= 11 is 3.93. The molecule has 72 valence electrons. The van der Waals surface area contributed by atoms with Gasteiger partial charge in [0, 0.05) is 6.42 Å². The first-order valence-corrected chi connectivity index (χ1v) is 4.39. The van der Waals surface area contributed by atoms with Crippen LogP contribution in [0.3, 0.4) is 0 Å². The Bertz CT molecular complexity index is 129. The molecule has 0 radical (unpaired) electrons. The van der Waals surface area contributed by atoms with Gasteiger partial charge in [-0.2, -0.15) is 12.6 Å². The Morgan fingerprint density at radius 3 is 2.75 bits per heavy atom. The van der Waals surface area contributed by atoms with Crippen molar-refractivity contribution in [1.82, 2.24) is 0 Å². The van der Waals surface area contributed by atoms with E-state index >= 15 is 0 Å². The Morgan fingerprint density at radius 2 is 2.25 bits per heavy atom. The highest BCUT2D eigenvalue weighted by molar-refractivity contribution is 7.80. The minimum absolute atomic E-state index is 0.137. The fourth-order valence-electron chi connectivity index (χ4n) is 0.537. The lowest BCUT2D eigenvalue weighted by molar-refractivity contribution is -0.147. The van der Waals surface area contributed by atoms with Crippen molar-refractivity contribution in [3.63, 3.8) is 0 Å². The average Bonchev–Trinajstić information content (AvgIpc) is 2.10. The van der Waals surface area contributed by atoms with Crippen molar-refractivity contribution < 1.29 is 19.7 Å². The Labute approximate surface area is 76.9 Å². The summed E-state index contributed by atoms with van der Waals surface area (Å²) in [7, 11) is 0. The van der Waals surface area contributed by atoms with Crippen LogP contribution in [0.25, 0.3) is 0 Å². The van der Waals surface area contributed by atoms with Gasteiger partial charge in [0.2, 0.25) is 0 Å². The smallest absolute Gasteiger partial charge is 0.305 e. The highest BCUT2D eigenvalue weighted by Crippen LogP contribution is 1.95. The second-order valence-corrected chi connectivity index (χ2v) is 2.79. The van der Waals surface area contributed by atoms with Crippen LogP contribution in [0.15, 0.2) is 0 Å². The molecule has 1 atom stereocenters. The van der Waals surface area contributed by atoms with Gasteiger partial charge in [-0.25, -0.2) is 0 Å². The number of aliphatic hydroxyl groups is 2. The minimum Gasteiger partial charge on any atom is -0.463 e. The SMILES string of the molecule is O=C(CCCS)OCC(O)CO. The zero-order valence-corrected chi connectivity index (χ0v) is 7.67. The van der Waals surface area contributed by atoms with Gasteiger partial charge >= 0.3 is 5.97 Å². The van der Waals surface area contributed by atoms with Gasteiger partial charge in [-0.3, -0.25) is 4.79 Å². The summed E-state index contributed by atoms with van der Waals surface area (Å²) in [6, 6.07) is 0. The molecule has 0 fully saturated rings. The first-order valence-electron chi connectivity index (χ1n) is 3.76. The van der Waals surface area contributed by atoms with E-state index in [-0.39, 0.29) is 19.2 Å². The number of hydrogen-bond donors (Lipinski definition) is 3. The summed E-state index contributed by atoms with van der Waals surface area (Å²) in [6.07, 6.45) is 0.00341. The van der Waals surface area contributed by atoms with E-state index in [0.29, 0.717) is 18.6 Å². The molecule has 2 N–H and O–H groups in total. The van der Waals surface area contributed by atoms with Crippen molar-refractivity contribution in [1.29, 1.82) is 0 Å². The lowest BCUT2D eigenvalue weighted by Crippen LogP contribution is -2.21. The van der Waals surface area contributed by atoms with Crippen LogP contribution < -0.4 is 0 Å². The molecule has 12 heavy (non-hydrogen) atoms. The molecule has 1 unspecified atom stereocenters. The predicted molar refractivity (Wildman–Crippen MR) is 47.1 cm³/mol. The van der Waals surface area contributed by atoms with Crippen molar-refractivity contribution in [3.8, 4) is 0 Å². The van der Waals surface area contributed by atoms with E-state index in [1.807, 2.05) is 0 Å². The molecule has 0 bridgehead atoms. The van der Waals surface area contributed by atoms with Gasteiger partial charge in [0.15, 0.2) is 0 Å². The Balaban J connectivity index is 3.31. The minimum atomic E-state index is -0.968. The maximum absolute atomic E-state index is 10.8. The lowest BCUT2D eigenvalue weighted by atomic mass is 10.3. The largest absolute Gasteiger partial charge is 0.463 e. The molecule has 0 aliphatic carbocycles. The van der Waals surface area contributed by atoms with Crippen molar-refractivity contribution in [3.05, 3.63) is 0 Å².